The van der Waals surface area contributed by atoms with E-state index in [1.807, 2.05) is 42.5 Å². The molecular formula is C19H18ClF2NO. The number of benzene rings is 3. The molecule has 3 aromatic rings. The minimum atomic E-state index is -1.08. The van der Waals surface area contributed by atoms with Gasteiger partial charge in [0.05, 0.1) is 6.10 Å². The molecule has 0 saturated heterocycles. The number of aliphatic hydroxyl groups is 1. The number of hydrogen-bond acceptors (Lipinski definition) is 2. The van der Waals surface area contributed by atoms with Crippen molar-refractivity contribution in [3.63, 3.8) is 0 Å². The molecule has 0 fully saturated rings. The van der Waals surface area contributed by atoms with Gasteiger partial charge in [0.2, 0.25) is 0 Å². The molecule has 2 unspecified atom stereocenters. The Labute approximate surface area is 145 Å². The van der Waals surface area contributed by atoms with Crippen LogP contribution in [0.4, 0.5) is 8.78 Å². The predicted octanol–water partition coefficient (Wildman–Crippen LogP) is 4.32. The van der Waals surface area contributed by atoms with Crippen molar-refractivity contribution in [1.82, 2.24) is 0 Å². The van der Waals surface area contributed by atoms with Crippen LogP contribution in [0.15, 0.2) is 60.7 Å². The summed E-state index contributed by atoms with van der Waals surface area (Å²) in [7, 11) is 0. The summed E-state index contributed by atoms with van der Waals surface area (Å²) in [6, 6.07) is 16.7. The fourth-order valence-corrected chi connectivity index (χ4v) is 2.86. The van der Waals surface area contributed by atoms with Crippen molar-refractivity contribution in [1.29, 1.82) is 0 Å². The van der Waals surface area contributed by atoms with Crippen molar-refractivity contribution in [3.05, 3.63) is 83.4 Å². The highest BCUT2D eigenvalue weighted by atomic mass is 35.5. The summed E-state index contributed by atoms with van der Waals surface area (Å²) in [5.74, 6) is -1.87. The number of nitrogens with two attached hydrogens (primary N) is 1. The van der Waals surface area contributed by atoms with Crippen LogP contribution in [0.5, 0.6) is 0 Å². The van der Waals surface area contributed by atoms with E-state index in [2.05, 4.69) is 0 Å². The zero-order valence-corrected chi connectivity index (χ0v) is 13.6. The molecule has 0 spiro atoms. The molecule has 0 aliphatic heterocycles. The van der Waals surface area contributed by atoms with Gasteiger partial charge in [-0.3, -0.25) is 0 Å². The fraction of sp³-hybridized carbons (Fsp3) is 0.158. The molecule has 0 radical (unpaired) electrons. The molecule has 24 heavy (non-hydrogen) atoms. The van der Waals surface area contributed by atoms with Crippen LogP contribution in [0.3, 0.4) is 0 Å². The Morgan fingerprint density at radius 1 is 0.833 bits per heavy atom. The molecule has 0 aliphatic rings. The average Bonchev–Trinajstić information content (AvgIpc) is 2.54. The van der Waals surface area contributed by atoms with Crippen LogP contribution in [-0.2, 0) is 0 Å². The standard InChI is InChI=1S/C19H17F2NO.ClH/c20-16-8-15(9-17(21)10-16)19(23)18(11-22)14-6-5-12-3-1-2-4-13(12)7-14;/h1-10,18-19,23H,11,22H2;1H. The molecule has 0 aromatic heterocycles. The van der Waals surface area contributed by atoms with E-state index in [4.69, 9.17) is 5.73 Å². The Kier molecular flexibility index (Phi) is 5.89. The Hall–Kier alpha value is -2.01. The van der Waals surface area contributed by atoms with E-state index in [0.29, 0.717) is 0 Å². The number of halogens is 3. The molecule has 3 aromatic carbocycles. The van der Waals surface area contributed by atoms with E-state index in [-0.39, 0.29) is 24.5 Å². The molecule has 126 valence electrons. The molecule has 5 heteroatoms. The highest BCUT2D eigenvalue weighted by Gasteiger charge is 2.23. The molecule has 0 amide bonds. The van der Waals surface area contributed by atoms with Gasteiger partial charge in [0.15, 0.2) is 0 Å². The van der Waals surface area contributed by atoms with Crippen molar-refractivity contribution in [2.75, 3.05) is 6.54 Å². The Morgan fingerprint density at radius 3 is 2.08 bits per heavy atom. The molecule has 0 aliphatic carbocycles. The van der Waals surface area contributed by atoms with E-state index in [0.717, 1.165) is 34.5 Å². The second kappa shape index (κ2) is 7.71. The molecule has 0 bridgehead atoms. The zero-order chi connectivity index (χ0) is 16.4. The number of aliphatic hydroxyl groups excluding tert-OH is 1. The van der Waals surface area contributed by atoms with Gasteiger partial charge in [-0.1, -0.05) is 42.5 Å². The first kappa shape index (κ1) is 18.3. The van der Waals surface area contributed by atoms with Crippen LogP contribution in [0.2, 0.25) is 0 Å². The van der Waals surface area contributed by atoms with Gasteiger partial charge < -0.3 is 10.8 Å². The largest absolute Gasteiger partial charge is 0.388 e. The first-order chi connectivity index (χ1) is 11.1. The lowest BCUT2D eigenvalue weighted by atomic mass is 9.88. The van der Waals surface area contributed by atoms with Gasteiger partial charge in [0, 0.05) is 18.5 Å². The predicted molar refractivity (Wildman–Crippen MR) is 94.3 cm³/mol. The van der Waals surface area contributed by atoms with Gasteiger partial charge in [0.1, 0.15) is 11.6 Å². The summed E-state index contributed by atoms with van der Waals surface area (Å²) >= 11 is 0. The summed E-state index contributed by atoms with van der Waals surface area (Å²) < 4.78 is 26.8. The van der Waals surface area contributed by atoms with Crippen LogP contribution in [0.1, 0.15) is 23.1 Å². The smallest absolute Gasteiger partial charge is 0.126 e. The maximum Gasteiger partial charge on any atom is 0.126 e. The van der Waals surface area contributed by atoms with Crippen LogP contribution in [-0.4, -0.2) is 11.7 Å². The lowest BCUT2D eigenvalue weighted by molar-refractivity contribution is 0.146. The molecule has 3 rings (SSSR count). The van der Waals surface area contributed by atoms with Gasteiger partial charge in [-0.25, -0.2) is 8.78 Å². The van der Waals surface area contributed by atoms with Gasteiger partial charge in [-0.2, -0.15) is 0 Å². The number of hydrogen-bond donors (Lipinski definition) is 2. The number of rotatable bonds is 4. The fourth-order valence-electron chi connectivity index (χ4n) is 2.86. The number of fused-ring (bicyclic) bond motifs is 1. The second-order valence-electron chi connectivity index (χ2n) is 5.60. The summed E-state index contributed by atoms with van der Waals surface area (Å²) in [6.07, 6.45) is -1.08. The Morgan fingerprint density at radius 2 is 1.46 bits per heavy atom. The van der Waals surface area contributed by atoms with E-state index >= 15 is 0 Å². The van der Waals surface area contributed by atoms with Gasteiger partial charge >= 0.3 is 0 Å². The third kappa shape index (κ3) is 3.73. The van der Waals surface area contributed by atoms with E-state index in [9.17, 15) is 13.9 Å². The molecule has 3 N–H and O–H groups in total. The van der Waals surface area contributed by atoms with E-state index < -0.39 is 23.7 Å². The topological polar surface area (TPSA) is 46.2 Å². The quantitative estimate of drug-likeness (QED) is 0.737. The van der Waals surface area contributed by atoms with Crippen LogP contribution < -0.4 is 5.73 Å². The lowest BCUT2D eigenvalue weighted by Crippen LogP contribution is -2.20. The van der Waals surface area contributed by atoms with Crippen LogP contribution in [0.25, 0.3) is 10.8 Å². The summed E-state index contributed by atoms with van der Waals surface area (Å²) in [5, 5.41) is 12.7. The van der Waals surface area contributed by atoms with Crippen molar-refractivity contribution >= 4 is 23.2 Å². The van der Waals surface area contributed by atoms with E-state index in [1.54, 1.807) is 0 Å². The summed E-state index contributed by atoms with van der Waals surface area (Å²) in [6.45, 7) is 0.164. The van der Waals surface area contributed by atoms with Gasteiger partial charge in [-0.05, 0) is 34.0 Å². The first-order valence-corrected chi connectivity index (χ1v) is 7.41. The summed E-state index contributed by atoms with van der Waals surface area (Å²) in [4.78, 5) is 0. The Bertz CT molecular complexity index is 820. The van der Waals surface area contributed by atoms with Crippen LogP contribution in [0, 0.1) is 11.6 Å². The molecule has 0 heterocycles. The maximum absolute atomic E-state index is 13.4. The minimum absolute atomic E-state index is 0. The minimum Gasteiger partial charge on any atom is -0.388 e. The monoisotopic (exact) mass is 349 g/mol. The maximum atomic E-state index is 13.4. The second-order valence-corrected chi connectivity index (χ2v) is 5.60. The molecular weight excluding hydrogens is 332 g/mol. The lowest BCUT2D eigenvalue weighted by Gasteiger charge is -2.23. The zero-order valence-electron chi connectivity index (χ0n) is 12.8. The average molecular weight is 350 g/mol. The van der Waals surface area contributed by atoms with Crippen molar-refractivity contribution in [2.24, 2.45) is 5.73 Å². The van der Waals surface area contributed by atoms with Gasteiger partial charge in [0.25, 0.3) is 0 Å². The van der Waals surface area contributed by atoms with Crippen molar-refractivity contribution in [3.8, 4) is 0 Å². The first-order valence-electron chi connectivity index (χ1n) is 7.41. The normalized spacial score (nSPS) is 13.3. The van der Waals surface area contributed by atoms with Crippen LogP contribution >= 0.6 is 12.4 Å². The third-order valence-electron chi connectivity index (χ3n) is 4.06. The molecule has 2 atom stereocenters. The Balaban J connectivity index is 0.00000208. The van der Waals surface area contributed by atoms with Gasteiger partial charge in [-0.15, -0.1) is 12.4 Å². The summed E-state index contributed by atoms with van der Waals surface area (Å²) in [5.41, 5.74) is 6.84. The third-order valence-corrected chi connectivity index (χ3v) is 4.06. The highest BCUT2D eigenvalue weighted by Crippen LogP contribution is 2.32. The van der Waals surface area contributed by atoms with E-state index in [1.165, 1.54) is 0 Å². The molecule has 2 nitrogen and oxygen atoms in total. The van der Waals surface area contributed by atoms with Crippen molar-refractivity contribution < 1.29 is 13.9 Å². The van der Waals surface area contributed by atoms with Crippen molar-refractivity contribution in [2.45, 2.75) is 12.0 Å². The molecule has 0 saturated carbocycles. The highest BCUT2D eigenvalue weighted by molar-refractivity contribution is 5.85. The SMILES string of the molecule is Cl.NCC(c1ccc2ccccc2c1)C(O)c1cc(F)cc(F)c1.